The molecule has 0 bridgehead atoms. The van der Waals surface area contributed by atoms with E-state index in [4.69, 9.17) is 37.4 Å². The number of esters is 1. The Kier molecular flexibility index (Phi) is 12.8. The van der Waals surface area contributed by atoms with Gasteiger partial charge in [0, 0.05) is 44.7 Å². The zero-order valence-electron chi connectivity index (χ0n) is 29.6. The number of carbonyl (C=O) groups excluding carboxylic acids is 3. The summed E-state index contributed by atoms with van der Waals surface area (Å²) >= 11 is 12.7. The van der Waals surface area contributed by atoms with Crippen molar-refractivity contribution in [2.24, 2.45) is 5.92 Å². The summed E-state index contributed by atoms with van der Waals surface area (Å²) in [4.78, 5) is 43.3. The van der Waals surface area contributed by atoms with Crippen LogP contribution in [0.3, 0.4) is 0 Å². The number of amides is 2. The summed E-state index contributed by atoms with van der Waals surface area (Å²) in [6.45, 7) is -0.579. The van der Waals surface area contributed by atoms with Crippen LogP contribution in [0.25, 0.3) is 0 Å². The number of morpholine rings is 1. The smallest absolute Gasteiger partial charge is 0.387 e. The number of nitrogens with zero attached hydrogens (tertiary/aromatic N) is 4. The lowest BCUT2D eigenvalue weighted by atomic mass is 10.0. The van der Waals surface area contributed by atoms with Crippen LogP contribution in [-0.4, -0.2) is 106 Å². The summed E-state index contributed by atoms with van der Waals surface area (Å²) in [5.41, 5.74) is 0.963. The molecule has 2 aromatic carbocycles. The van der Waals surface area contributed by atoms with Crippen LogP contribution in [0.2, 0.25) is 10.0 Å². The summed E-state index contributed by atoms with van der Waals surface area (Å²) in [5.74, 6) is -2.57. The van der Waals surface area contributed by atoms with E-state index in [1.54, 1.807) is 6.07 Å². The van der Waals surface area contributed by atoms with Crippen molar-refractivity contribution in [2.45, 2.75) is 38.5 Å². The Bertz CT molecular complexity index is 2030. The molecule has 1 atom stereocenters. The molecular formula is C36H38Cl2F2N4O10S. The van der Waals surface area contributed by atoms with Crippen molar-refractivity contribution in [3.8, 4) is 11.5 Å². The van der Waals surface area contributed by atoms with Crippen LogP contribution in [0.15, 0.2) is 48.8 Å². The summed E-state index contributed by atoms with van der Waals surface area (Å²) in [6, 6.07) is 8.39. The number of pyridine rings is 1. The highest BCUT2D eigenvalue weighted by Crippen LogP contribution is 2.38. The van der Waals surface area contributed by atoms with E-state index in [1.807, 2.05) is 0 Å². The van der Waals surface area contributed by atoms with Gasteiger partial charge in [-0.25, -0.2) is 8.42 Å². The van der Waals surface area contributed by atoms with E-state index in [0.717, 1.165) is 31.5 Å². The molecule has 14 nitrogen and oxygen atoms in total. The van der Waals surface area contributed by atoms with Gasteiger partial charge in [0.1, 0.15) is 22.7 Å². The predicted molar refractivity (Wildman–Crippen MR) is 194 cm³/mol. The fourth-order valence-electron chi connectivity index (χ4n) is 6.21. The highest BCUT2D eigenvalue weighted by molar-refractivity contribution is 7.88. The van der Waals surface area contributed by atoms with Crippen LogP contribution < -0.4 is 14.2 Å². The minimum Gasteiger partial charge on any atom is -0.619 e. The van der Waals surface area contributed by atoms with Crippen molar-refractivity contribution in [1.29, 1.82) is 0 Å². The molecule has 1 aliphatic carbocycles. The molecule has 296 valence electrons. The summed E-state index contributed by atoms with van der Waals surface area (Å²) in [6.07, 6.45) is 3.62. The van der Waals surface area contributed by atoms with Crippen LogP contribution in [0.4, 0.5) is 8.78 Å². The maximum Gasteiger partial charge on any atom is 0.387 e. The molecule has 2 aliphatic heterocycles. The predicted octanol–water partition coefficient (Wildman–Crippen LogP) is 4.23. The zero-order valence-corrected chi connectivity index (χ0v) is 32.0. The largest absolute Gasteiger partial charge is 0.619 e. The minimum absolute atomic E-state index is 0.00526. The Morgan fingerprint density at radius 3 is 2.38 bits per heavy atom. The van der Waals surface area contributed by atoms with E-state index in [0.29, 0.717) is 48.0 Å². The average molecular weight is 828 g/mol. The fraction of sp³-hybridized carbons (Fsp3) is 0.444. The second-order valence-corrected chi connectivity index (χ2v) is 16.2. The zero-order chi connectivity index (χ0) is 39.4. The van der Waals surface area contributed by atoms with Gasteiger partial charge in [0.25, 0.3) is 11.8 Å². The molecule has 1 saturated heterocycles. The van der Waals surface area contributed by atoms with Crippen molar-refractivity contribution < 1.29 is 55.3 Å². The molecule has 55 heavy (non-hydrogen) atoms. The van der Waals surface area contributed by atoms with E-state index >= 15 is 0 Å². The van der Waals surface area contributed by atoms with Gasteiger partial charge in [-0.15, -0.1) is 0 Å². The first kappa shape index (κ1) is 40.5. The van der Waals surface area contributed by atoms with Crippen LogP contribution in [0.1, 0.15) is 56.4 Å². The number of aromatic nitrogens is 1. The van der Waals surface area contributed by atoms with Crippen LogP contribution in [0.5, 0.6) is 11.5 Å². The number of halogens is 4. The van der Waals surface area contributed by atoms with E-state index < -0.39 is 47.1 Å². The maximum atomic E-state index is 13.6. The van der Waals surface area contributed by atoms with Crippen LogP contribution in [0, 0.1) is 11.1 Å². The van der Waals surface area contributed by atoms with Gasteiger partial charge in [0.05, 0.1) is 37.2 Å². The number of carbonyl (C=O) groups is 3. The van der Waals surface area contributed by atoms with Crippen molar-refractivity contribution in [1.82, 2.24) is 14.1 Å². The van der Waals surface area contributed by atoms with Gasteiger partial charge in [-0.3, -0.25) is 24.2 Å². The Labute approximate surface area is 326 Å². The van der Waals surface area contributed by atoms with Gasteiger partial charge >= 0.3 is 12.6 Å². The molecule has 2 amide bonds. The van der Waals surface area contributed by atoms with Crippen molar-refractivity contribution in [3.63, 3.8) is 0 Å². The molecule has 3 aromatic rings. The molecule has 19 heteroatoms. The Morgan fingerprint density at radius 2 is 1.73 bits per heavy atom. The van der Waals surface area contributed by atoms with Gasteiger partial charge in [-0.1, -0.05) is 35.3 Å². The summed E-state index contributed by atoms with van der Waals surface area (Å²) in [5, 5.41) is 11.8. The van der Waals surface area contributed by atoms with E-state index in [9.17, 15) is 36.8 Å². The lowest BCUT2D eigenvalue weighted by molar-refractivity contribution is -0.605. The number of sulfonamides is 1. The molecule has 3 heterocycles. The topological polar surface area (TPSA) is 159 Å². The van der Waals surface area contributed by atoms with E-state index in [-0.39, 0.29) is 75.8 Å². The first-order valence-corrected chi connectivity index (χ1v) is 20.0. The molecule has 6 rings (SSSR count). The number of hydrogen-bond donors (Lipinski definition) is 0. The van der Waals surface area contributed by atoms with Crippen LogP contribution in [-0.2, 0) is 37.3 Å². The molecule has 3 aliphatic rings. The van der Waals surface area contributed by atoms with Gasteiger partial charge in [0.15, 0.2) is 23.9 Å². The van der Waals surface area contributed by atoms with Crippen molar-refractivity contribution in [3.05, 3.63) is 91.9 Å². The Morgan fingerprint density at radius 1 is 1.04 bits per heavy atom. The maximum absolute atomic E-state index is 13.6. The molecule has 1 saturated carbocycles. The molecule has 0 N–H and O–H groups in total. The molecule has 0 radical (unpaired) electrons. The SMILES string of the molecule is CS(=O)(=O)N(CCN1CCOCC1)Cc1ccc2c(c1)C(=O)N(CC(=O)OC(Cc1c(Cl)c[n+]([O-])cc1Cl)c1ccc(OC(F)F)c(OCC3CC3)c1)C2=O. The first-order chi connectivity index (χ1) is 26.2. The highest BCUT2D eigenvalue weighted by Gasteiger charge is 2.38. The van der Waals surface area contributed by atoms with Gasteiger partial charge < -0.3 is 24.2 Å². The lowest BCUT2D eigenvalue weighted by Gasteiger charge is -2.29. The molecule has 1 aromatic heterocycles. The quantitative estimate of drug-likeness (QED) is 0.0830. The third-order valence-corrected chi connectivity index (χ3v) is 11.3. The minimum atomic E-state index is -3.64. The second-order valence-electron chi connectivity index (χ2n) is 13.4. The summed E-state index contributed by atoms with van der Waals surface area (Å²) < 4.78 is 75.1. The summed E-state index contributed by atoms with van der Waals surface area (Å²) in [7, 11) is -3.64. The lowest BCUT2D eigenvalue weighted by Crippen LogP contribution is -2.42. The first-order valence-electron chi connectivity index (χ1n) is 17.4. The number of rotatable bonds is 17. The van der Waals surface area contributed by atoms with Crippen molar-refractivity contribution in [2.75, 3.05) is 58.8 Å². The average Bonchev–Trinajstić information content (AvgIpc) is 3.93. The number of hydrogen-bond acceptors (Lipinski definition) is 11. The third-order valence-electron chi connectivity index (χ3n) is 9.37. The number of fused-ring (bicyclic) bond motifs is 1. The van der Waals surface area contributed by atoms with E-state index in [1.165, 1.54) is 34.6 Å². The Balaban J connectivity index is 1.20. The molecular weight excluding hydrogens is 789 g/mol. The molecule has 1 unspecified atom stereocenters. The highest BCUT2D eigenvalue weighted by atomic mass is 35.5. The third kappa shape index (κ3) is 10.4. The van der Waals surface area contributed by atoms with Crippen LogP contribution >= 0.6 is 23.2 Å². The number of alkyl halides is 2. The number of ether oxygens (including phenoxy) is 4. The number of imide groups is 1. The normalized spacial score (nSPS) is 16.8. The van der Waals surface area contributed by atoms with Gasteiger partial charge in [-0.05, 0) is 54.2 Å². The second kappa shape index (κ2) is 17.3. The van der Waals surface area contributed by atoms with Gasteiger partial charge in [0.2, 0.25) is 10.0 Å². The molecule has 0 spiro atoms. The number of benzene rings is 2. The van der Waals surface area contributed by atoms with E-state index in [2.05, 4.69) is 9.64 Å². The monoisotopic (exact) mass is 826 g/mol. The molecule has 2 fully saturated rings. The van der Waals surface area contributed by atoms with Gasteiger partial charge in [-0.2, -0.15) is 17.8 Å². The fourth-order valence-corrected chi connectivity index (χ4v) is 7.61. The van der Waals surface area contributed by atoms with Crippen molar-refractivity contribution >= 4 is 51.0 Å². The standard InChI is InChI=1S/C36H38Cl2F2N4O10S/c1-55(49,50)43(9-8-41-10-12-51-13-11-41)17-23-4-6-25-26(14-23)35(47)44(34(25)46)20-33(45)53-31(16-27-28(37)18-42(48)19-29(27)38)24-5-7-30(54-36(39)40)32(15-24)52-21-22-2-3-22/h4-7,14-15,18-19,22,31,36H,2-3,8-13,16-17,20-21H2,1H3. The Hall–Kier alpha value is -4.13.